The summed E-state index contributed by atoms with van der Waals surface area (Å²) >= 11 is 0. The maximum Gasteiger partial charge on any atom is 0.419 e. The molecule has 2 N–H and O–H groups in total. The van der Waals surface area contributed by atoms with E-state index >= 15 is 0 Å². The minimum absolute atomic E-state index is 0.0972. The molecule has 1 saturated carbocycles. The number of nitrogens with zero attached hydrogens (tertiary/aromatic N) is 3. The number of rotatable bonds is 6. The van der Waals surface area contributed by atoms with Crippen LogP contribution in [0.15, 0.2) is 24.4 Å². The number of aromatic nitrogens is 2. The molecule has 0 radical (unpaired) electrons. The van der Waals surface area contributed by atoms with Gasteiger partial charge in [-0.15, -0.1) is 0 Å². The topological polar surface area (TPSA) is 70.1 Å². The van der Waals surface area contributed by atoms with Crippen molar-refractivity contribution in [2.75, 3.05) is 30.9 Å². The number of hydrogen-bond donors (Lipinski definition) is 2. The lowest BCUT2D eigenvalue weighted by Gasteiger charge is -2.29. The van der Waals surface area contributed by atoms with Gasteiger partial charge >= 0.3 is 6.18 Å². The highest BCUT2D eigenvalue weighted by Crippen LogP contribution is 2.32. The maximum atomic E-state index is 13.7. The first-order valence-electron chi connectivity index (χ1n) is 10.5. The largest absolute Gasteiger partial charge is 0.419 e. The van der Waals surface area contributed by atoms with Crippen molar-refractivity contribution < 1.29 is 22.4 Å². The van der Waals surface area contributed by atoms with Crippen molar-refractivity contribution >= 4 is 17.7 Å². The van der Waals surface area contributed by atoms with Crippen LogP contribution in [0.5, 0.6) is 0 Å². The summed E-state index contributed by atoms with van der Waals surface area (Å²) in [7, 11) is 3.85. The zero-order valence-corrected chi connectivity index (χ0v) is 18.3. The predicted octanol–water partition coefficient (Wildman–Crippen LogP) is 4.41. The van der Waals surface area contributed by atoms with E-state index in [0.717, 1.165) is 43.1 Å². The molecule has 2 aromatic rings. The highest BCUT2D eigenvalue weighted by Gasteiger charge is 2.34. The first kappa shape index (κ1) is 23.7. The lowest BCUT2D eigenvalue weighted by Crippen LogP contribution is -2.38. The molecule has 32 heavy (non-hydrogen) atoms. The Morgan fingerprint density at radius 3 is 2.47 bits per heavy atom. The van der Waals surface area contributed by atoms with Gasteiger partial charge in [0.05, 0.1) is 5.56 Å². The molecule has 1 heterocycles. The van der Waals surface area contributed by atoms with E-state index in [1.165, 1.54) is 0 Å². The van der Waals surface area contributed by atoms with Gasteiger partial charge in [-0.05, 0) is 56.7 Å². The fraction of sp³-hybridized carbons (Fsp3) is 0.500. The van der Waals surface area contributed by atoms with Crippen LogP contribution in [-0.2, 0) is 6.18 Å². The molecule has 1 aliphatic rings. The average molecular weight is 453 g/mol. The van der Waals surface area contributed by atoms with Gasteiger partial charge in [0.2, 0.25) is 5.95 Å². The van der Waals surface area contributed by atoms with E-state index in [0.29, 0.717) is 30.5 Å². The molecule has 0 aliphatic heterocycles. The van der Waals surface area contributed by atoms with Crippen LogP contribution in [0, 0.1) is 18.7 Å². The monoisotopic (exact) mass is 453 g/mol. The van der Waals surface area contributed by atoms with Crippen LogP contribution in [0.3, 0.4) is 0 Å². The van der Waals surface area contributed by atoms with Gasteiger partial charge in [-0.1, -0.05) is 0 Å². The Hall–Kier alpha value is -2.91. The van der Waals surface area contributed by atoms with E-state index in [1.54, 1.807) is 6.20 Å². The van der Waals surface area contributed by atoms with Crippen LogP contribution in [0.25, 0.3) is 0 Å². The highest BCUT2D eigenvalue weighted by atomic mass is 19.4. The number of alkyl halides is 3. The Morgan fingerprint density at radius 1 is 1.19 bits per heavy atom. The molecule has 0 saturated heterocycles. The molecule has 1 aliphatic carbocycles. The van der Waals surface area contributed by atoms with Gasteiger partial charge < -0.3 is 15.5 Å². The molecule has 3 rings (SSSR count). The van der Waals surface area contributed by atoms with Crippen molar-refractivity contribution in [3.8, 4) is 0 Å². The maximum absolute atomic E-state index is 13.7. The summed E-state index contributed by atoms with van der Waals surface area (Å²) in [4.78, 5) is 23.1. The van der Waals surface area contributed by atoms with Gasteiger partial charge in [-0.3, -0.25) is 4.79 Å². The molecule has 174 valence electrons. The molecular weight excluding hydrogens is 426 g/mol. The number of aryl methyl sites for hydroxylation is 1. The first-order valence-corrected chi connectivity index (χ1v) is 10.5. The molecule has 10 heteroatoms. The van der Waals surface area contributed by atoms with Gasteiger partial charge in [-0.2, -0.15) is 18.2 Å². The van der Waals surface area contributed by atoms with Crippen LogP contribution >= 0.6 is 0 Å². The van der Waals surface area contributed by atoms with Crippen molar-refractivity contribution in [3.63, 3.8) is 0 Å². The molecule has 1 aromatic heterocycles. The van der Waals surface area contributed by atoms with E-state index in [9.17, 15) is 22.4 Å². The zero-order valence-electron chi connectivity index (χ0n) is 18.3. The normalized spacial score (nSPS) is 18.8. The summed E-state index contributed by atoms with van der Waals surface area (Å²) in [6.45, 7) is 2.66. The average Bonchev–Trinajstić information content (AvgIpc) is 2.73. The molecule has 1 fully saturated rings. The Bertz CT molecular complexity index is 956. The third kappa shape index (κ3) is 5.86. The van der Waals surface area contributed by atoms with Gasteiger partial charge in [0.15, 0.2) is 0 Å². The number of benzene rings is 1. The number of hydrogen-bond acceptors (Lipinski definition) is 5. The second kappa shape index (κ2) is 9.70. The number of nitrogens with one attached hydrogen (secondary N) is 2. The molecule has 0 unspecified atom stereocenters. The standard InChI is InChI=1S/C22H27F4N5O/c1-13-11-27-21(30-19(13)31(2)3)28-12-14-4-7-16(8-5-14)29-20(32)15-6-9-17(18(23)10-15)22(24,25)26/h6,9-11,14,16H,4-5,7-8,12H2,1-3H3,(H,29,32)(H,27,28,30). The fourth-order valence-corrected chi connectivity index (χ4v) is 3.87. The van der Waals surface area contributed by atoms with Crippen molar-refractivity contribution in [2.24, 2.45) is 5.92 Å². The molecule has 0 spiro atoms. The van der Waals surface area contributed by atoms with E-state index < -0.39 is 23.5 Å². The second-order valence-corrected chi connectivity index (χ2v) is 8.36. The lowest BCUT2D eigenvalue weighted by molar-refractivity contribution is -0.140. The first-order chi connectivity index (χ1) is 15.0. The van der Waals surface area contributed by atoms with E-state index in [4.69, 9.17) is 0 Å². The van der Waals surface area contributed by atoms with Crippen molar-refractivity contribution in [1.29, 1.82) is 0 Å². The van der Waals surface area contributed by atoms with Crippen molar-refractivity contribution in [3.05, 3.63) is 46.9 Å². The van der Waals surface area contributed by atoms with Crippen molar-refractivity contribution in [2.45, 2.75) is 44.8 Å². The SMILES string of the molecule is Cc1cnc(NCC2CCC(NC(=O)c3ccc(C(F)(F)F)c(F)c3)CC2)nc1N(C)C. The fourth-order valence-electron chi connectivity index (χ4n) is 3.87. The summed E-state index contributed by atoms with van der Waals surface area (Å²) in [6, 6.07) is 2.14. The summed E-state index contributed by atoms with van der Waals surface area (Å²) in [5.41, 5.74) is -0.505. The molecule has 0 bridgehead atoms. The van der Waals surface area contributed by atoms with E-state index in [2.05, 4.69) is 20.6 Å². The van der Waals surface area contributed by atoms with E-state index in [1.807, 2.05) is 25.9 Å². The molecular formula is C22H27F4N5O. The van der Waals surface area contributed by atoms with Crippen LogP contribution < -0.4 is 15.5 Å². The summed E-state index contributed by atoms with van der Waals surface area (Å²) in [5, 5.41) is 6.08. The predicted molar refractivity (Wildman–Crippen MR) is 114 cm³/mol. The van der Waals surface area contributed by atoms with Gasteiger partial charge in [0.1, 0.15) is 11.6 Å². The molecule has 6 nitrogen and oxygen atoms in total. The number of carbonyl (C=O) groups excluding carboxylic acids is 1. The Balaban J connectivity index is 1.48. The summed E-state index contributed by atoms with van der Waals surface area (Å²) < 4.78 is 51.8. The summed E-state index contributed by atoms with van der Waals surface area (Å²) in [6.07, 6.45) is 0.194. The molecule has 0 atom stereocenters. The Labute approximate surface area is 184 Å². The molecule has 1 amide bonds. The Morgan fingerprint density at radius 2 is 1.88 bits per heavy atom. The number of carbonyl (C=O) groups is 1. The lowest BCUT2D eigenvalue weighted by atomic mass is 9.86. The molecule has 1 aromatic carbocycles. The second-order valence-electron chi connectivity index (χ2n) is 8.36. The van der Waals surface area contributed by atoms with Gasteiger partial charge in [-0.25, -0.2) is 9.37 Å². The third-order valence-corrected chi connectivity index (χ3v) is 5.64. The van der Waals surface area contributed by atoms with Gasteiger partial charge in [0, 0.05) is 44.0 Å². The zero-order chi connectivity index (χ0) is 23.5. The van der Waals surface area contributed by atoms with Crippen LogP contribution in [0.1, 0.15) is 47.2 Å². The third-order valence-electron chi connectivity index (χ3n) is 5.64. The van der Waals surface area contributed by atoms with Crippen LogP contribution in [-0.4, -0.2) is 42.6 Å². The highest BCUT2D eigenvalue weighted by molar-refractivity contribution is 5.94. The minimum atomic E-state index is -4.79. The smallest absolute Gasteiger partial charge is 0.362 e. The number of halogens is 4. The van der Waals surface area contributed by atoms with E-state index in [-0.39, 0.29) is 11.6 Å². The number of amides is 1. The summed E-state index contributed by atoms with van der Waals surface area (Å²) in [5.74, 6) is -0.203. The number of anilines is 2. The minimum Gasteiger partial charge on any atom is -0.362 e. The van der Waals surface area contributed by atoms with Crippen LogP contribution in [0.2, 0.25) is 0 Å². The van der Waals surface area contributed by atoms with Crippen molar-refractivity contribution in [1.82, 2.24) is 15.3 Å². The Kier molecular flexibility index (Phi) is 7.20. The van der Waals surface area contributed by atoms with Crippen LogP contribution in [0.4, 0.5) is 29.3 Å². The van der Waals surface area contributed by atoms with Gasteiger partial charge in [0.25, 0.3) is 5.91 Å². The quantitative estimate of drug-likeness (QED) is 0.634.